The van der Waals surface area contributed by atoms with Crippen molar-refractivity contribution in [3.05, 3.63) is 92.4 Å². The maximum atomic E-state index is 14.0. The molecule has 7 nitrogen and oxygen atoms in total. The smallest absolute Gasteiger partial charge is 0.264 e. The minimum absolute atomic E-state index is 0.0304. The van der Waals surface area contributed by atoms with E-state index in [-0.39, 0.29) is 33.2 Å². The predicted molar refractivity (Wildman–Crippen MR) is 162 cm³/mol. The van der Waals surface area contributed by atoms with Crippen LogP contribution in [0.25, 0.3) is 0 Å². The highest BCUT2D eigenvalue weighted by atomic mass is 35.5. The first-order chi connectivity index (χ1) is 18.9. The molecule has 3 aromatic carbocycles. The van der Waals surface area contributed by atoms with Crippen LogP contribution in [-0.2, 0) is 26.2 Å². The molecule has 40 heavy (non-hydrogen) atoms. The number of rotatable bonds is 11. The summed E-state index contributed by atoms with van der Waals surface area (Å²) in [7, 11) is -4.24. The van der Waals surface area contributed by atoms with Crippen LogP contribution in [0.1, 0.15) is 32.8 Å². The molecule has 0 saturated carbocycles. The van der Waals surface area contributed by atoms with Gasteiger partial charge in [-0.05, 0) is 62.7 Å². The SMILES string of the molecule is CCC(C)NC(=O)C(C)N(Cc1c(Cl)cccc1Cl)C(=O)CN(c1ccc(Cl)c(Cl)c1)S(=O)(=O)c1ccccc1. The number of halogens is 4. The molecular formula is C28H29Cl4N3O4S. The number of hydrogen-bond acceptors (Lipinski definition) is 4. The van der Waals surface area contributed by atoms with Gasteiger partial charge in [0.15, 0.2) is 0 Å². The van der Waals surface area contributed by atoms with Crippen LogP contribution in [-0.4, -0.2) is 43.8 Å². The van der Waals surface area contributed by atoms with Gasteiger partial charge in [0.25, 0.3) is 10.0 Å². The van der Waals surface area contributed by atoms with Gasteiger partial charge in [-0.1, -0.05) is 77.6 Å². The Kier molecular flexibility index (Phi) is 11.1. The lowest BCUT2D eigenvalue weighted by Crippen LogP contribution is -2.52. The average Bonchev–Trinajstić information content (AvgIpc) is 2.93. The Morgan fingerprint density at radius 1 is 0.850 bits per heavy atom. The fourth-order valence-corrected chi connectivity index (χ4v) is 6.03. The molecule has 2 amide bonds. The molecule has 0 saturated heterocycles. The molecule has 0 aromatic heterocycles. The van der Waals surface area contributed by atoms with E-state index in [0.717, 1.165) is 4.31 Å². The number of nitrogens with one attached hydrogen (secondary N) is 1. The molecule has 2 atom stereocenters. The summed E-state index contributed by atoms with van der Waals surface area (Å²) in [6.07, 6.45) is 0.684. The second-order valence-corrected chi connectivity index (χ2v) is 12.6. The number of carbonyl (C=O) groups excluding carboxylic acids is 2. The zero-order valence-electron chi connectivity index (χ0n) is 22.1. The summed E-state index contributed by atoms with van der Waals surface area (Å²) in [6.45, 7) is 4.56. The standard InChI is InChI=1S/C28H29Cl4N3O4S/c1-4-18(2)33-28(37)19(3)34(16-22-23(29)11-8-12-24(22)30)27(36)17-35(20-13-14-25(31)26(32)15-20)40(38,39)21-9-6-5-7-10-21/h5-15,18-19H,4,16-17H2,1-3H3,(H,33,37). The van der Waals surface area contributed by atoms with E-state index in [2.05, 4.69) is 5.32 Å². The van der Waals surface area contributed by atoms with E-state index in [1.807, 2.05) is 13.8 Å². The molecule has 0 spiro atoms. The molecule has 12 heteroatoms. The van der Waals surface area contributed by atoms with Gasteiger partial charge in [0.05, 0.1) is 20.6 Å². The first-order valence-corrected chi connectivity index (χ1v) is 15.4. The van der Waals surface area contributed by atoms with Gasteiger partial charge in [0, 0.05) is 28.2 Å². The number of carbonyl (C=O) groups is 2. The van der Waals surface area contributed by atoms with Gasteiger partial charge in [0.1, 0.15) is 12.6 Å². The van der Waals surface area contributed by atoms with Gasteiger partial charge < -0.3 is 10.2 Å². The Labute approximate surface area is 255 Å². The third kappa shape index (κ3) is 7.62. The first-order valence-electron chi connectivity index (χ1n) is 12.4. The molecule has 3 aromatic rings. The van der Waals surface area contributed by atoms with Gasteiger partial charge in [0.2, 0.25) is 11.8 Å². The van der Waals surface area contributed by atoms with Crippen LogP contribution < -0.4 is 9.62 Å². The number of amides is 2. The molecule has 0 radical (unpaired) electrons. The largest absolute Gasteiger partial charge is 0.352 e. The summed E-state index contributed by atoms with van der Waals surface area (Å²) in [5.41, 5.74) is 0.549. The second kappa shape index (κ2) is 13.9. The molecule has 3 rings (SSSR count). The van der Waals surface area contributed by atoms with Crippen molar-refractivity contribution in [3.63, 3.8) is 0 Å². The van der Waals surface area contributed by atoms with Crippen LogP contribution in [0.5, 0.6) is 0 Å². The van der Waals surface area contributed by atoms with Crippen LogP contribution in [0.15, 0.2) is 71.6 Å². The highest BCUT2D eigenvalue weighted by Crippen LogP contribution is 2.31. The van der Waals surface area contributed by atoms with Crippen molar-refractivity contribution in [2.24, 2.45) is 0 Å². The van der Waals surface area contributed by atoms with Gasteiger partial charge in [-0.3, -0.25) is 13.9 Å². The summed E-state index contributed by atoms with van der Waals surface area (Å²) in [5, 5.41) is 3.81. The molecule has 0 aliphatic heterocycles. The van der Waals surface area contributed by atoms with Crippen molar-refractivity contribution in [2.45, 2.75) is 50.7 Å². The molecular weight excluding hydrogens is 616 g/mol. The Morgan fingerprint density at radius 2 is 1.48 bits per heavy atom. The van der Waals surface area contributed by atoms with E-state index in [1.165, 1.54) is 35.2 Å². The molecule has 214 valence electrons. The lowest BCUT2D eigenvalue weighted by molar-refractivity contribution is -0.139. The minimum Gasteiger partial charge on any atom is -0.352 e. The first kappa shape index (κ1) is 32.0. The van der Waals surface area contributed by atoms with Crippen LogP contribution in [0.4, 0.5) is 5.69 Å². The topological polar surface area (TPSA) is 86.8 Å². The highest BCUT2D eigenvalue weighted by molar-refractivity contribution is 7.92. The third-order valence-corrected chi connectivity index (χ3v) is 9.60. The number of hydrogen-bond donors (Lipinski definition) is 1. The van der Waals surface area contributed by atoms with E-state index in [4.69, 9.17) is 46.4 Å². The Morgan fingerprint density at radius 3 is 2.05 bits per heavy atom. The molecule has 0 fully saturated rings. The number of nitrogens with zero attached hydrogens (tertiary/aromatic N) is 2. The Hall–Kier alpha value is -2.49. The quantitative estimate of drug-likeness (QED) is 0.248. The van der Waals surface area contributed by atoms with Crippen LogP contribution >= 0.6 is 46.4 Å². The lowest BCUT2D eigenvalue weighted by atomic mass is 10.1. The van der Waals surface area contributed by atoms with Gasteiger partial charge >= 0.3 is 0 Å². The van der Waals surface area contributed by atoms with Crippen LogP contribution in [0, 0.1) is 0 Å². The summed E-state index contributed by atoms with van der Waals surface area (Å²) >= 11 is 25.1. The third-order valence-electron chi connectivity index (χ3n) is 6.36. The summed E-state index contributed by atoms with van der Waals surface area (Å²) in [6, 6.07) is 15.7. The van der Waals surface area contributed by atoms with E-state index in [1.54, 1.807) is 43.3 Å². The fourth-order valence-electron chi connectivity index (χ4n) is 3.79. The summed E-state index contributed by atoms with van der Waals surface area (Å²) in [4.78, 5) is 28.3. The highest BCUT2D eigenvalue weighted by Gasteiger charge is 2.33. The van der Waals surface area contributed by atoms with Crippen molar-refractivity contribution in [2.75, 3.05) is 10.8 Å². The number of sulfonamides is 1. The van der Waals surface area contributed by atoms with E-state index >= 15 is 0 Å². The van der Waals surface area contributed by atoms with Crippen molar-refractivity contribution >= 4 is 73.9 Å². The number of benzene rings is 3. The van der Waals surface area contributed by atoms with Gasteiger partial charge in [-0.15, -0.1) is 0 Å². The number of anilines is 1. The zero-order chi connectivity index (χ0) is 29.6. The fraction of sp³-hybridized carbons (Fsp3) is 0.286. The van der Waals surface area contributed by atoms with Crippen LogP contribution in [0.3, 0.4) is 0 Å². The van der Waals surface area contributed by atoms with Gasteiger partial charge in [-0.25, -0.2) is 8.42 Å². The normalized spacial score (nSPS) is 12.9. The summed E-state index contributed by atoms with van der Waals surface area (Å²) in [5.74, 6) is -1.06. The zero-order valence-corrected chi connectivity index (χ0v) is 25.9. The molecule has 0 aliphatic carbocycles. The van der Waals surface area contributed by atoms with Crippen molar-refractivity contribution in [1.82, 2.24) is 10.2 Å². The molecule has 1 N–H and O–H groups in total. The maximum Gasteiger partial charge on any atom is 0.264 e. The van der Waals surface area contributed by atoms with E-state index in [9.17, 15) is 18.0 Å². The lowest BCUT2D eigenvalue weighted by Gasteiger charge is -2.33. The van der Waals surface area contributed by atoms with Gasteiger partial charge in [-0.2, -0.15) is 0 Å². The monoisotopic (exact) mass is 643 g/mol. The minimum atomic E-state index is -4.24. The van der Waals surface area contributed by atoms with E-state index < -0.39 is 34.4 Å². The van der Waals surface area contributed by atoms with E-state index in [0.29, 0.717) is 22.0 Å². The maximum absolute atomic E-state index is 14.0. The molecule has 0 aliphatic rings. The Bertz CT molecular complexity index is 1450. The predicted octanol–water partition coefficient (Wildman–Crippen LogP) is 6.83. The molecule has 0 heterocycles. The van der Waals surface area contributed by atoms with Crippen molar-refractivity contribution in [1.29, 1.82) is 0 Å². The van der Waals surface area contributed by atoms with Crippen LogP contribution in [0.2, 0.25) is 20.1 Å². The van der Waals surface area contributed by atoms with Crippen molar-refractivity contribution < 1.29 is 18.0 Å². The Balaban J connectivity index is 2.08. The van der Waals surface area contributed by atoms with Crippen molar-refractivity contribution in [3.8, 4) is 0 Å². The molecule has 2 unspecified atom stereocenters. The average molecular weight is 645 g/mol. The second-order valence-electron chi connectivity index (χ2n) is 9.14. The molecule has 0 bridgehead atoms. The summed E-state index contributed by atoms with van der Waals surface area (Å²) < 4.78 is 28.5.